The number of nitrogens with zero attached hydrogens (tertiary/aromatic N) is 3. The van der Waals surface area contributed by atoms with Crippen molar-refractivity contribution in [3.05, 3.63) is 95.8 Å². The minimum Gasteiger partial charge on any atom is -0.306 e. The first kappa shape index (κ1) is 14.9. The predicted molar refractivity (Wildman–Crippen MR) is 101 cm³/mol. The average Bonchev–Trinajstić information content (AvgIpc) is 3.11. The molecule has 0 aliphatic carbocycles. The fraction of sp³-hybridized carbons (Fsp3) is 0. The molecular weight excluding hydrogens is 306 g/mol. The van der Waals surface area contributed by atoms with Gasteiger partial charge in [0.25, 0.3) is 0 Å². The Morgan fingerprint density at radius 3 is 2.16 bits per heavy atom. The molecule has 0 fully saturated rings. The van der Waals surface area contributed by atoms with Crippen LogP contribution in [0.3, 0.4) is 0 Å². The number of benzene rings is 2. The SMILES string of the molecule is N#Cc1ccc(C=Cc2ccc(-c3cn4ccccc4n3)cc2)cc1. The number of aromatic nitrogens is 2. The van der Waals surface area contributed by atoms with Gasteiger partial charge in [-0.05, 0) is 35.4 Å². The van der Waals surface area contributed by atoms with Gasteiger partial charge in [0.1, 0.15) is 5.65 Å². The fourth-order valence-electron chi connectivity index (χ4n) is 2.70. The highest BCUT2D eigenvalue weighted by Gasteiger charge is 2.03. The summed E-state index contributed by atoms with van der Waals surface area (Å²) in [5.41, 5.74) is 5.88. The number of imidazole rings is 1. The standard InChI is InChI=1S/C22H15N3/c23-15-19-8-6-17(7-9-19)4-5-18-10-12-20(13-11-18)21-16-25-14-2-1-3-22(25)24-21/h1-14,16H. The van der Waals surface area contributed by atoms with Gasteiger partial charge in [0, 0.05) is 18.0 Å². The molecule has 4 rings (SSSR count). The molecule has 0 unspecified atom stereocenters. The molecular formula is C22H15N3. The molecule has 0 aliphatic heterocycles. The second-order valence-corrected chi connectivity index (χ2v) is 5.78. The Bertz CT molecular complexity index is 1050. The number of hydrogen-bond acceptors (Lipinski definition) is 2. The second-order valence-electron chi connectivity index (χ2n) is 5.78. The lowest BCUT2D eigenvalue weighted by Gasteiger charge is -1.98. The molecule has 3 nitrogen and oxygen atoms in total. The zero-order valence-electron chi connectivity index (χ0n) is 13.5. The fourth-order valence-corrected chi connectivity index (χ4v) is 2.70. The summed E-state index contributed by atoms with van der Waals surface area (Å²) >= 11 is 0. The molecule has 0 atom stereocenters. The van der Waals surface area contributed by atoms with Crippen molar-refractivity contribution in [2.24, 2.45) is 0 Å². The lowest BCUT2D eigenvalue weighted by Crippen LogP contribution is -1.79. The van der Waals surface area contributed by atoms with Gasteiger partial charge in [-0.3, -0.25) is 0 Å². The maximum Gasteiger partial charge on any atom is 0.137 e. The Labute approximate surface area is 146 Å². The first-order valence-corrected chi connectivity index (χ1v) is 8.04. The zero-order chi connectivity index (χ0) is 17.1. The van der Waals surface area contributed by atoms with Crippen molar-refractivity contribution in [3.63, 3.8) is 0 Å². The zero-order valence-corrected chi connectivity index (χ0v) is 13.5. The average molecular weight is 321 g/mol. The minimum absolute atomic E-state index is 0.675. The van der Waals surface area contributed by atoms with Gasteiger partial charge in [-0.2, -0.15) is 5.26 Å². The van der Waals surface area contributed by atoms with Crippen LogP contribution in [0.15, 0.2) is 79.1 Å². The van der Waals surface area contributed by atoms with Crippen LogP contribution in [0.4, 0.5) is 0 Å². The highest BCUT2D eigenvalue weighted by atomic mass is 15.0. The summed E-state index contributed by atoms with van der Waals surface area (Å²) in [5.74, 6) is 0. The second kappa shape index (κ2) is 6.46. The van der Waals surface area contributed by atoms with E-state index >= 15 is 0 Å². The Morgan fingerprint density at radius 1 is 0.840 bits per heavy atom. The maximum atomic E-state index is 8.83. The van der Waals surface area contributed by atoms with Gasteiger partial charge in [0.2, 0.25) is 0 Å². The van der Waals surface area contributed by atoms with Crippen molar-refractivity contribution in [1.82, 2.24) is 9.38 Å². The van der Waals surface area contributed by atoms with E-state index in [0.29, 0.717) is 5.56 Å². The van der Waals surface area contributed by atoms with E-state index in [1.807, 2.05) is 65.3 Å². The quantitative estimate of drug-likeness (QED) is 0.496. The first-order valence-electron chi connectivity index (χ1n) is 8.04. The normalized spacial score (nSPS) is 11.0. The monoisotopic (exact) mass is 321 g/mol. The molecule has 4 aromatic rings. The first-order chi connectivity index (χ1) is 12.3. The van der Waals surface area contributed by atoms with Gasteiger partial charge in [-0.1, -0.05) is 54.6 Å². The van der Waals surface area contributed by atoms with Crippen molar-refractivity contribution >= 4 is 17.8 Å². The summed E-state index contributed by atoms with van der Waals surface area (Å²) in [4.78, 5) is 4.64. The summed E-state index contributed by atoms with van der Waals surface area (Å²) in [6, 6.07) is 24.0. The van der Waals surface area contributed by atoms with Crippen molar-refractivity contribution in [2.45, 2.75) is 0 Å². The van der Waals surface area contributed by atoms with Crippen LogP contribution < -0.4 is 0 Å². The molecule has 118 valence electrons. The molecule has 2 heterocycles. The molecule has 0 saturated heterocycles. The van der Waals surface area contributed by atoms with E-state index in [2.05, 4.69) is 41.4 Å². The Balaban J connectivity index is 1.55. The van der Waals surface area contributed by atoms with Crippen LogP contribution in [0.2, 0.25) is 0 Å². The summed E-state index contributed by atoms with van der Waals surface area (Å²) < 4.78 is 2.02. The molecule has 2 aromatic carbocycles. The third kappa shape index (κ3) is 3.19. The predicted octanol–water partition coefficient (Wildman–Crippen LogP) is 5.04. The third-order valence-electron chi connectivity index (χ3n) is 4.08. The largest absolute Gasteiger partial charge is 0.306 e. The van der Waals surface area contributed by atoms with E-state index in [4.69, 9.17) is 5.26 Å². The lowest BCUT2D eigenvalue weighted by atomic mass is 10.1. The van der Waals surface area contributed by atoms with Crippen molar-refractivity contribution < 1.29 is 0 Å². The van der Waals surface area contributed by atoms with E-state index < -0.39 is 0 Å². The van der Waals surface area contributed by atoms with Gasteiger partial charge in [0.15, 0.2) is 0 Å². The summed E-state index contributed by atoms with van der Waals surface area (Å²) in [7, 11) is 0. The molecule has 3 heteroatoms. The minimum atomic E-state index is 0.675. The number of hydrogen-bond donors (Lipinski definition) is 0. The molecule has 0 spiro atoms. The van der Waals surface area contributed by atoms with E-state index in [0.717, 1.165) is 28.0 Å². The summed E-state index contributed by atoms with van der Waals surface area (Å²) in [6.07, 6.45) is 8.15. The van der Waals surface area contributed by atoms with Crippen LogP contribution >= 0.6 is 0 Å². The summed E-state index contributed by atoms with van der Waals surface area (Å²) in [5, 5.41) is 8.83. The van der Waals surface area contributed by atoms with Crippen molar-refractivity contribution in [2.75, 3.05) is 0 Å². The molecule has 0 saturated carbocycles. The van der Waals surface area contributed by atoms with Crippen LogP contribution in [0.5, 0.6) is 0 Å². The molecule has 2 aromatic heterocycles. The number of pyridine rings is 1. The van der Waals surface area contributed by atoms with Crippen LogP contribution in [-0.4, -0.2) is 9.38 Å². The lowest BCUT2D eigenvalue weighted by molar-refractivity contribution is 1.19. The van der Waals surface area contributed by atoms with Crippen LogP contribution in [0.25, 0.3) is 29.1 Å². The number of nitriles is 1. The van der Waals surface area contributed by atoms with E-state index in [-0.39, 0.29) is 0 Å². The van der Waals surface area contributed by atoms with Gasteiger partial charge in [-0.25, -0.2) is 4.98 Å². The highest BCUT2D eigenvalue weighted by Crippen LogP contribution is 2.20. The molecule has 0 N–H and O–H groups in total. The van der Waals surface area contributed by atoms with E-state index in [1.165, 1.54) is 0 Å². The van der Waals surface area contributed by atoms with Gasteiger partial charge in [0.05, 0.1) is 17.3 Å². The Hall–Kier alpha value is -3.64. The molecule has 0 bridgehead atoms. The van der Waals surface area contributed by atoms with E-state index in [1.54, 1.807) is 0 Å². The van der Waals surface area contributed by atoms with Gasteiger partial charge < -0.3 is 4.40 Å². The molecule has 0 aliphatic rings. The number of rotatable bonds is 3. The summed E-state index contributed by atoms with van der Waals surface area (Å²) in [6.45, 7) is 0. The number of fused-ring (bicyclic) bond motifs is 1. The Morgan fingerprint density at radius 2 is 1.52 bits per heavy atom. The van der Waals surface area contributed by atoms with E-state index in [9.17, 15) is 0 Å². The van der Waals surface area contributed by atoms with Gasteiger partial charge >= 0.3 is 0 Å². The topological polar surface area (TPSA) is 41.1 Å². The Kier molecular flexibility index (Phi) is 3.86. The molecule has 0 amide bonds. The molecule has 25 heavy (non-hydrogen) atoms. The van der Waals surface area contributed by atoms with Gasteiger partial charge in [-0.15, -0.1) is 0 Å². The third-order valence-corrected chi connectivity index (χ3v) is 4.08. The van der Waals surface area contributed by atoms with Crippen LogP contribution in [-0.2, 0) is 0 Å². The highest BCUT2D eigenvalue weighted by molar-refractivity contribution is 5.72. The van der Waals surface area contributed by atoms with Crippen molar-refractivity contribution in [1.29, 1.82) is 5.26 Å². The smallest absolute Gasteiger partial charge is 0.137 e. The maximum absolute atomic E-state index is 8.83. The van der Waals surface area contributed by atoms with Crippen molar-refractivity contribution in [3.8, 4) is 17.3 Å². The van der Waals surface area contributed by atoms with Crippen LogP contribution in [0.1, 0.15) is 16.7 Å². The molecule has 0 radical (unpaired) electrons. The van der Waals surface area contributed by atoms with Crippen LogP contribution in [0, 0.1) is 11.3 Å².